The summed E-state index contributed by atoms with van der Waals surface area (Å²) in [4.78, 5) is 11.2. The maximum absolute atomic E-state index is 10.9. The Morgan fingerprint density at radius 3 is 2.67 bits per heavy atom. The molecule has 0 amide bonds. The molecule has 112 valence electrons. The second-order valence-corrected chi connectivity index (χ2v) is 5.93. The summed E-state index contributed by atoms with van der Waals surface area (Å²) >= 11 is 1.41. The normalized spacial score (nSPS) is 11.0. The van der Waals surface area contributed by atoms with Crippen LogP contribution in [0.1, 0.15) is 25.4 Å². The lowest BCUT2D eigenvalue weighted by molar-refractivity contribution is -0.387. The molecule has 0 saturated heterocycles. The van der Waals surface area contributed by atoms with Gasteiger partial charge in [0.05, 0.1) is 22.1 Å². The largest absolute Gasteiger partial charge is 0.464 e. The van der Waals surface area contributed by atoms with Crippen molar-refractivity contribution in [3.05, 3.63) is 58.0 Å². The molecule has 0 radical (unpaired) electrons. The van der Waals surface area contributed by atoms with Crippen LogP contribution in [0.3, 0.4) is 0 Å². The van der Waals surface area contributed by atoms with Crippen molar-refractivity contribution in [3.8, 4) is 0 Å². The van der Waals surface area contributed by atoms with Crippen LogP contribution in [-0.2, 0) is 12.3 Å². The SMILES string of the molecule is CC(C)NCc1ccc(CSc2ccccc2[N+](=O)[O-])o1. The van der Waals surface area contributed by atoms with Gasteiger partial charge in [-0.05, 0) is 18.2 Å². The summed E-state index contributed by atoms with van der Waals surface area (Å²) in [6, 6.07) is 11.0. The van der Waals surface area contributed by atoms with Gasteiger partial charge in [0, 0.05) is 12.1 Å². The molecule has 1 aromatic heterocycles. The number of furan rings is 1. The van der Waals surface area contributed by atoms with Gasteiger partial charge in [0.15, 0.2) is 0 Å². The summed E-state index contributed by atoms with van der Waals surface area (Å²) in [7, 11) is 0. The Hall–Kier alpha value is -1.79. The maximum Gasteiger partial charge on any atom is 0.282 e. The second-order valence-electron chi connectivity index (χ2n) is 4.92. The molecule has 0 aliphatic rings. The third-order valence-electron chi connectivity index (χ3n) is 2.83. The van der Waals surface area contributed by atoms with Gasteiger partial charge in [0.2, 0.25) is 0 Å². The van der Waals surface area contributed by atoms with E-state index in [0.717, 1.165) is 11.5 Å². The zero-order valence-electron chi connectivity index (χ0n) is 12.0. The monoisotopic (exact) mass is 306 g/mol. The fourth-order valence-corrected chi connectivity index (χ4v) is 2.70. The highest BCUT2D eigenvalue weighted by atomic mass is 32.2. The van der Waals surface area contributed by atoms with E-state index in [-0.39, 0.29) is 10.6 Å². The van der Waals surface area contributed by atoms with Crippen LogP contribution in [0.4, 0.5) is 5.69 Å². The highest BCUT2D eigenvalue weighted by Crippen LogP contribution is 2.31. The number of hydrogen-bond acceptors (Lipinski definition) is 5. The van der Waals surface area contributed by atoms with Crippen LogP contribution in [0.5, 0.6) is 0 Å². The number of para-hydroxylation sites is 1. The number of thioether (sulfide) groups is 1. The molecule has 0 aliphatic heterocycles. The lowest BCUT2D eigenvalue weighted by Crippen LogP contribution is -2.21. The van der Waals surface area contributed by atoms with Gasteiger partial charge in [-0.25, -0.2) is 0 Å². The van der Waals surface area contributed by atoms with Crippen molar-refractivity contribution >= 4 is 17.4 Å². The number of nitrogens with one attached hydrogen (secondary N) is 1. The third-order valence-corrected chi connectivity index (χ3v) is 3.92. The van der Waals surface area contributed by atoms with E-state index in [2.05, 4.69) is 19.2 Å². The molecule has 0 atom stereocenters. The molecule has 6 heteroatoms. The molecule has 0 spiro atoms. The number of hydrogen-bond donors (Lipinski definition) is 1. The number of nitro groups is 1. The summed E-state index contributed by atoms with van der Waals surface area (Å²) in [6.45, 7) is 4.84. The molecule has 2 aromatic rings. The zero-order valence-corrected chi connectivity index (χ0v) is 12.9. The minimum absolute atomic E-state index is 0.135. The topological polar surface area (TPSA) is 68.3 Å². The summed E-state index contributed by atoms with van der Waals surface area (Å²) in [5, 5.41) is 14.2. The van der Waals surface area contributed by atoms with E-state index in [1.807, 2.05) is 12.1 Å². The molecule has 1 heterocycles. The van der Waals surface area contributed by atoms with E-state index < -0.39 is 0 Å². The quantitative estimate of drug-likeness (QED) is 0.476. The first-order chi connectivity index (χ1) is 10.1. The van der Waals surface area contributed by atoms with Crippen LogP contribution < -0.4 is 5.32 Å². The lowest BCUT2D eigenvalue weighted by atomic mass is 10.3. The van der Waals surface area contributed by atoms with Crippen molar-refractivity contribution in [2.75, 3.05) is 0 Å². The first kappa shape index (κ1) is 15.6. The number of nitro benzene ring substituents is 1. The second kappa shape index (κ2) is 7.28. The molecular formula is C15H18N2O3S. The molecule has 0 saturated carbocycles. The zero-order chi connectivity index (χ0) is 15.2. The molecule has 0 bridgehead atoms. The lowest BCUT2D eigenvalue weighted by Gasteiger charge is -2.05. The van der Waals surface area contributed by atoms with Gasteiger partial charge in [-0.2, -0.15) is 0 Å². The predicted molar refractivity (Wildman–Crippen MR) is 83.3 cm³/mol. The van der Waals surface area contributed by atoms with Crippen molar-refractivity contribution < 1.29 is 9.34 Å². The molecule has 1 N–H and O–H groups in total. The average Bonchev–Trinajstić information content (AvgIpc) is 2.91. The standard InChI is InChI=1S/C15H18N2O3S/c1-11(2)16-9-12-7-8-13(20-12)10-21-15-6-4-3-5-14(15)17(18)19/h3-8,11,16H,9-10H2,1-2H3. The van der Waals surface area contributed by atoms with Gasteiger partial charge >= 0.3 is 0 Å². The van der Waals surface area contributed by atoms with E-state index in [9.17, 15) is 10.1 Å². The van der Waals surface area contributed by atoms with Crippen LogP contribution in [0.25, 0.3) is 0 Å². The minimum atomic E-state index is -0.359. The minimum Gasteiger partial charge on any atom is -0.464 e. The molecular weight excluding hydrogens is 288 g/mol. The van der Waals surface area contributed by atoms with E-state index in [1.54, 1.807) is 18.2 Å². The van der Waals surface area contributed by atoms with Gasteiger partial charge in [-0.1, -0.05) is 26.0 Å². The Kier molecular flexibility index (Phi) is 5.41. The predicted octanol–water partition coefficient (Wildman–Crippen LogP) is 3.98. The van der Waals surface area contributed by atoms with Crippen molar-refractivity contribution in [1.82, 2.24) is 5.32 Å². The first-order valence-corrected chi connectivity index (χ1v) is 7.72. The molecule has 2 rings (SSSR count). The van der Waals surface area contributed by atoms with Crippen LogP contribution in [0.15, 0.2) is 45.7 Å². The van der Waals surface area contributed by atoms with Crippen molar-refractivity contribution in [2.24, 2.45) is 0 Å². The third kappa shape index (κ3) is 4.61. The van der Waals surface area contributed by atoms with Crippen molar-refractivity contribution in [1.29, 1.82) is 0 Å². The van der Waals surface area contributed by atoms with Gasteiger partial charge in [0.1, 0.15) is 11.5 Å². The van der Waals surface area contributed by atoms with Gasteiger partial charge in [-0.15, -0.1) is 11.8 Å². The van der Waals surface area contributed by atoms with Crippen LogP contribution in [-0.4, -0.2) is 11.0 Å². The Balaban J connectivity index is 1.96. The average molecular weight is 306 g/mol. The highest BCUT2D eigenvalue weighted by Gasteiger charge is 2.13. The summed E-state index contributed by atoms with van der Waals surface area (Å²) in [5.41, 5.74) is 0.135. The van der Waals surface area contributed by atoms with Gasteiger partial charge < -0.3 is 9.73 Å². The molecule has 1 aromatic carbocycles. The van der Waals surface area contributed by atoms with E-state index in [4.69, 9.17) is 4.42 Å². The molecule has 21 heavy (non-hydrogen) atoms. The van der Waals surface area contributed by atoms with Crippen LogP contribution >= 0.6 is 11.8 Å². The summed E-state index contributed by atoms with van der Waals surface area (Å²) in [5.74, 6) is 2.27. The van der Waals surface area contributed by atoms with Crippen molar-refractivity contribution in [2.45, 2.75) is 37.1 Å². The Morgan fingerprint density at radius 2 is 1.95 bits per heavy atom. The maximum atomic E-state index is 10.9. The number of rotatable bonds is 7. The smallest absolute Gasteiger partial charge is 0.282 e. The van der Waals surface area contributed by atoms with Gasteiger partial charge in [0.25, 0.3) is 5.69 Å². The fraction of sp³-hybridized carbons (Fsp3) is 0.333. The van der Waals surface area contributed by atoms with Gasteiger partial charge in [-0.3, -0.25) is 10.1 Å². The number of nitrogens with zero attached hydrogens (tertiary/aromatic N) is 1. The highest BCUT2D eigenvalue weighted by molar-refractivity contribution is 7.98. The van der Waals surface area contributed by atoms with Crippen molar-refractivity contribution in [3.63, 3.8) is 0 Å². The molecule has 0 unspecified atom stereocenters. The Labute approximate surface area is 127 Å². The first-order valence-electron chi connectivity index (χ1n) is 6.73. The number of benzene rings is 1. The molecule has 0 fully saturated rings. The summed E-state index contributed by atoms with van der Waals surface area (Å²) in [6.07, 6.45) is 0. The summed E-state index contributed by atoms with van der Waals surface area (Å²) < 4.78 is 5.70. The molecule has 5 nitrogen and oxygen atoms in total. The molecule has 0 aliphatic carbocycles. The Bertz CT molecular complexity index is 610. The fourth-order valence-electron chi connectivity index (χ4n) is 1.78. The van der Waals surface area contributed by atoms with E-state index in [0.29, 0.717) is 23.2 Å². The van der Waals surface area contributed by atoms with E-state index >= 15 is 0 Å². The Morgan fingerprint density at radius 1 is 1.24 bits per heavy atom. The van der Waals surface area contributed by atoms with Crippen LogP contribution in [0, 0.1) is 10.1 Å². The van der Waals surface area contributed by atoms with Crippen LogP contribution in [0.2, 0.25) is 0 Å². The van der Waals surface area contributed by atoms with E-state index in [1.165, 1.54) is 17.8 Å².